The van der Waals surface area contributed by atoms with E-state index in [0.717, 1.165) is 22.7 Å². The van der Waals surface area contributed by atoms with E-state index in [1.165, 1.54) is 54.1 Å². The summed E-state index contributed by atoms with van der Waals surface area (Å²) in [4.78, 5) is 24.2. The van der Waals surface area contributed by atoms with Gasteiger partial charge in [0, 0.05) is 28.2 Å². The molecule has 3 fully saturated rings. The number of benzene rings is 3. The van der Waals surface area contributed by atoms with Crippen LogP contribution in [0.4, 0.5) is 22.0 Å². The van der Waals surface area contributed by atoms with Crippen LogP contribution < -0.4 is 15.2 Å². The number of piperidine rings is 1. The number of aliphatic carboxylic acids is 1. The monoisotopic (exact) mass is 789 g/mol. The Labute approximate surface area is 294 Å². The summed E-state index contributed by atoms with van der Waals surface area (Å²) in [5.74, 6) is -6.55. The summed E-state index contributed by atoms with van der Waals surface area (Å²) in [5, 5.41) is 8.40. The number of alkyl halides is 5. The summed E-state index contributed by atoms with van der Waals surface area (Å²) in [6.07, 6.45) is 1.82. The SMILES string of the molecule is NC1CC2CCC(C1)N2C(=O)[C@@H](NS(=O)(=O)c1ccc(OCC2CCCC2)cc1)C(F)(F)c1ccc2cc(Br)ccc2c1.O=C(O)C(F)(F)F. The third-order valence-electron chi connectivity index (χ3n) is 9.43. The van der Waals surface area contributed by atoms with Crippen molar-refractivity contribution in [3.05, 3.63) is 70.7 Å². The van der Waals surface area contributed by atoms with E-state index in [4.69, 9.17) is 20.4 Å². The number of rotatable bonds is 9. The van der Waals surface area contributed by atoms with Crippen LogP contribution in [-0.4, -0.2) is 67.3 Å². The van der Waals surface area contributed by atoms with Gasteiger partial charge in [0.2, 0.25) is 15.9 Å². The van der Waals surface area contributed by atoms with Crippen LogP contribution in [0.15, 0.2) is 70.0 Å². The van der Waals surface area contributed by atoms with Gasteiger partial charge in [0.1, 0.15) is 5.75 Å². The number of nitrogens with two attached hydrogens (primary N) is 1. The van der Waals surface area contributed by atoms with Gasteiger partial charge < -0.3 is 20.5 Å². The highest BCUT2D eigenvalue weighted by atomic mass is 79.9. The Bertz CT molecular complexity index is 1790. The number of fused-ring (bicyclic) bond motifs is 3. The van der Waals surface area contributed by atoms with Crippen LogP contribution in [0.1, 0.15) is 56.9 Å². The molecule has 4 N–H and O–H groups in total. The second-order valence-electron chi connectivity index (χ2n) is 13.0. The predicted molar refractivity (Wildman–Crippen MR) is 178 cm³/mol. The van der Waals surface area contributed by atoms with Crippen LogP contribution in [0.2, 0.25) is 0 Å². The summed E-state index contributed by atoms with van der Waals surface area (Å²) >= 11 is 3.39. The van der Waals surface area contributed by atoms with Crippen LogP contribution >= 0.6 is 15.9 Å². The van der Waals surface area contributed by atoms with E-state index < -0.39 is 45.6 Å². The molecule has 1 amide bonds. The molecule has 1 saturated carbocycles. The number of hydrogen-bond acceptors (Lipinski definition) is 6. The summed E-state index contributed by atoms with van der Waals surface area (Å²) < 4.78 is 101. The minimum Gasteiger partial charge on any atom is -0.493 e. The largest absolute Gasteiger partial charge is 0.493 e. The zero-order valence-corrected chi connectivity index (χ0v) is 29.1. The zero-order chi connectivity index (χ0) is 36.4. The van der Waals surface area contributed by atoms with Gasteiger partial charge in [-0.2, -0.15) is 26.7 Å². The fourth-order valence-electron chi connectivity index (χ4n) is 6.93. The first-order chi connectivity index (χ1) is 23.5. The van der Waals surface area contributed by atoms with Gasteiger partial charge in [0.15, 0.2) is 6.04 Å². The highest BCUT2D eigenvalue weighted by Crippen LogP contribution is 2.40. The molecule has 6 rings (SSSR count). The van der Waals surface area contributed by atoms with Crippen LogP contribution in [0.3, 0.4) is 0 Å². The lowest BCUT2D eigenvalue weighted by Crippen LogP contribution is -2.60. The van der Waals surface area contributed by atoms with E-state index in [0.29, 0.717) is 49.3 Å². The fourth-order valence-corrected chi connectivity index (χ4v) is 8.50. The molecule has 2 aliphatic heterocycles. The number of halogens is 6. The Balaban J connectivity index is 0.000000630. The molecule has 1 aliphatic carbocycles. The normalized spacial score (nSPS) is 21.8. The molecule has 2 unspecified atom stereocenters. The first-order valence-electron chi connectivity index (χ1n) is 16.2. The van der Waals surface area contributed by atoms with Gasteiger partial charge in [-0.25, -0.2) is 13.2 Å². The molecule has 16 heteroatoms. The molecule has 0 aromatic heterocycles. The summed E-state index contributed by atoms with van der Waals surface area (Å²) in [6, 6.07) is 12.0. The lowest BCUT2D eigenvalue weighted by Gasteiger charge is -2.41. The van der Waals surface area contributed by atoms with Gasteiger partial charge in [-0.05, 0) is 97.7 Å². The Morgan fingerprint density at radius 3 is 2.06 bits per heavy atom. The van der Waals surface area contributed by atoms with Crippen LogP contribution in [0, 0.1) is 5.92 Å². The number of sulfonamides is 1. The van der Waals surface area contributed by atoms with E-state index in [2.05, 4.69) is 20.7 Å². The topological polar surface area (TPSA) is 139 Å². The number of carbonyl (C=O) groups is 2. The zero-order valence-electron chi connectivity index (χ0n) is 26.7. The smallest absolute Gasteiger partial charge is 0.490 e. The van der Waals surface area contributed by atoms with Crippen molar-refractivity contribution in [2.45, 2.75) is 92.5 Å². The minimum absolute atomic E-state index is 0.119. The lowest BCUT2D eigenvalue weighted by atomic mass is 9.94. The fraction of sp³-hybridized carbons (Fsp3) is 0.471. The van der Waals surface area contributed by atoms with E-state index >= 15 is 8.78 Å². The second-order valence-corrected chi connectivity index (χ2v) is 15.6. The predicted octanol–water partition coefficient (Wildman–Crippen LogP) is 6.72. The minimum atomic E-state index is -5.08. The van der Waals surface area contributed by atoms with Crippen LogP contribution in [-0.2, 0) is 25.5 Å². The van der Waals surface area contributed by atoms with Crippen LogP contribution in [0.5, 0.6) is 5.75 Å². The van der Waals surface area contributed by atoms with Crippen molar-refractivity contribution in [1.82, 2.24) is 9.62 Å². The quantitative estimate of drug-likeness (QED) is 0.205. The molecule has 2 bridgehead atoms. The van der Waals surface area contributed by atoms with Gasteiger partial charge >= 0.3 is 12.1 Å². The van der Waals surface area contributed by atoms with Crippen molar-refractivity contribution in [2.24, 2.45) is 11.7 Å². The maximum Gasteiger partial charge on any atom is 0.490 e. The molecular weight excluding hydrogens is 753 g/mol. The maximum absolute atomic E-state index is 16.5. The number of carboxylic acid groups (broad SMARTS) is 1. The number of nitrogens with zero attached hydrogens (tertiary/aromatic N) is 1. The number of amides is 1. The van der Waals surface area contributed by atoms with Gasteiger partial charge in [-0.1, -0.05) is 47.0 Å². The second kappa shape index (κ2) is 15.1. The summed E-state index contributed by atoms with van der Waals surface area (Å²) in [5.41, 5.74) is 5.73. The average Bonchev–Trinajstić information content (AvgIpc) is 3.68. The van der Waals surface area contributed by atoms with Crippen molar-refractivity contribution >= 4 is 48.6 Å². The molecule has 3 aromatic carbocycles. The summed E-state index contributed by atoms with van der Waals surface area (Å²) in [6.45, 7) is 0.553. The Morgan fingerprint density at radius 1 is 0.920 bits per heavy atom. The van der Waals surface area contributed by atoms with Crippen molar-refractivity contribution in [2.75, 3.05) is 6.61 Å². The first-order valence-corrected chi connectivity index (χ1v) is 18.4. The number of nitrogens with one attached hydrogen (secondary N) is 1. The molecule has 9 nitrogen and oxygen atoms in total. The molecule has 2 heterocycles. The molecule has 50 heavy (non-hydrogen) atoms. The molecule has 0 radical (unpaired) electrons. The lowest BCUT2D eigenvalue weighted by molar-refractivity contribution is -0.192. The molecule has 3 aliphatic rings. The van der Waals surface area contributed by atoms with Crippen LogP contribution in [0.25, 0.3) is 10.8 Å². The standard InChI is InChI=1S/C32H36BrF2N3O4S.C2HF3O2/c33-24-8-6-21-15-23(7-5-22(21)16-24)32(34,35)30(31(39)38-26-9-10-27(38)18-25(36)17-26)37-43(40,41)29-13-11-28(12-14-29)42-19-20-3-1-2-4-20;3-2(4,5)1(6)7/h5-8,11-16,20,25-27,30,37H,1-4,9-10,17-19,36H2;(H,6,7)/t25?,26?,27?,30-;/m1./s1. The van der Waals surface area contributed by atoms with E-state index in [1.807, 2.05) is 0 Å². The highest BCUT2D eigenvalue weighted by Gasteiger charge is 2.53. The van der Waals surface area contributed by atoms with Crippen molar-refractivity contribution in [1.29, 1.82) is 0 Å². The van der Waals surface area contributed by atoms with Gasteiger partial charge in [0.25, 0.3) is 5.92 Å². The molecule has 3 aromatic rings. The number of ether oxygens (including phenoxy) is 1. The highest BCUT2D eigenvalue weighted by molar-refractivity contribution is 9.10. The van der Waals surface area contributed by atoms with Gasteiger partial charge in [-0.15, -0.1) is 0 Å². The number of hydrogen-bond donors (Lipinski definition) is 3. The number of carboxylic acids is 1. The van der Waals surface area contributed by atoms with E-state index in [9.17, 15) is 26.4 Å². The third kappa shape index (κ3) is 8.75. The summed E-state index contributed by atoms with van der Waals surface area (Å²) in [7, 11) is -4.52. The van der Waals surface area contributed by atoms with Gasteiger partial charge in [0.05, 0.1) is 11.5 Å². The van der Waals surface area contributed by atoms with Crippen molar-refractivity contribution in [3.8, 4) is 5.75 Å². The maximum atomic E-state index is 16.5. The number of carbonyl (C=O) groups excluding carboxylic acids is 1. The Morgan fingerprint density at radius 2 is 1.48 bits per heavy atom. The molecule has 272 valence electrons. The van der Waals surface area contributed by atoms with Crippen molar-refractivity contribution in [3.63, 3.8) is 0 Å². The molecule has 3 atom stereocenters. The van der Waals surface area contributed by atoms with Gasteiger partial charge in [-0.3, -0.25) is 4.79 Å². The third-order valence-corrected chi connectivity index (χ3v) is 11.4. The Kier molecular flexibility index (Phi) is 11.4. The first kappa shape index (κ1) is 37.9. The van der Waals surface area contributed by atoms with E-state index in [1.54, 1.807) is 24.3 Å². The molecular formula is C34H37BrF5N3O6S. The van der Waals surface area contributed by atoms with Crippen molar-refractivity contribution < 1.29 is 49.8 Å². The molecule has 0 spiro atoms. The van der Waals surface area contributed by atoms with E-state index in [-0.39, 0.29) is 23.0 Å². The molecule has 2 saturated heterocycles. The Hall–Kier alpha value is -3.34. The average molecular weight is 791 g/mol.